The molecule has 0 aliphatic carbocycles. The summed E-state index contributed by atoms with van der Waals surface area (Å²) in [5, 5.41) is 7.08. The number of nitrogens with zero attached hydrogens (tertiary/aromatic N) is 2. The molecule has 2 atom stereocenters. The first kappa shape index (κ1) is 28.0. The molecule has 0 fully saturated rings. The highest BCUT2D eigenvalue weighted by Crippen LogP contribution is 2.30. The van der Waals surface area contributed by atoms with Crippen molar-refractivity contribution in [3.05, 3.63) is 48.5 Å². The molecule has 198 valence electrons. The number of halogens is 1. The van der Waals surface area contributed by atoms with Crippen molar-refractivity contribution in [3.63, 3.8) is 0 Å². The maximum absolute atomic E-state index is 13.6. The summed E-state index contributed by atoms with van der Waals surface area (Å²) in [6, 6.07) is 13.9. The monoisotopic (exact) mass is 510 g/mol. The molecule has 0 aliphatic rings. The Morgan fingerprint density at radius 2 is 1.49 bits per heavy atom. The van der Waals surface area contributed by atoms with Crippen LogP contribution in [-0.4, -0.2) is 72.9 Å². The fourth-order valence-electron chi connectivity index (χ4n) is 4.40. The van der Waals surface area contributed by atoms with E-state index in [0.717, 1.165) is 21.8 Å². The Kier molecular flexibility index (Phi) is 9.52. The summed E-state index contributed by atoms with van der Waals surface area (Å²) in [4.78, 5) is 53.2. The molecule has 2 aromatic carbocycles. The molecule has 8 nitrogen and oxygen atoms in total. The average molecular weight is 511 g/mol. The van der Waals surface area contributed by atoms with Crippen LogP contribution in [0.4, 0.5) is 4.39 Å². The number of alkyl halides is 1. The van der Waals surface area contributed by atoms with Crippen LogP contribution in [0.3, 0.4) is 0 Å². The summed E-state index contributed by atoms with van der Waals surface area (Å²) in [7, 11) is 3.71. The van der Waals surface area contributed by atoms with Gasteiger partial charge in [0.05, 0.1) is 23.5 Å². The standard InChI is InChI=1S/C28H35FN4O4/c1-18(2)21(28(37)31-22(25(34)17-29)16-26(35)30-13-14-32(3)4)15-27(36)33-23-11-7-5-9-19(23)20-10-6-8-12-24(20)33/h5-12,18,21-22H,13-17H2,1-4H3,(H,30,35)(H,31,37)/t21-,22?/m1/s1. The number of carbonyl (C=O) groups excluding carboxylic acids is 4. The van der Waals surface area contributed by atoms with Crippen molar-refractivity contribution in [1.29, 1.82) is 0 Å². The second-order valence-electron chi connectivity index (χ2n) is 9.84. The molecule has 3 aromatic rings. The van der Waals surface area contributed by atoms with Crippen LogP contribution < -0.4 is 10.6 Å². The molecule has 0 bridgehead atoms. The SMILES string of the molecule is CC(C)[C@@H](CC(=O)n1c2ccccc2c2ccccc21)C(=O)NC(CC(=O)NCCN(C)C)C(=O)CF. The summed E-state index contributed by atoms with van der Waals surface area (Å²) < 4.78 is 14.9. The Labute approximate surface area is 216 Å². The molecule has 0 radical (unpaired) electrons. The summed E-state index contributed by atoms with van der Waals surface area (Å²) in [6.07, 6.45) is -0.481. The molecular formula is C28H35FN4O4. The number of amides is 2. The lowest BCUT2D eigenvalue weighted by atomic mass is 9.90. The third-order valence-electron chi connectivity index (χ3n) is 6.47. The fourth-order valence-corrected chi connectivity index (χ4v) is 4.40. The molecule has 1 aromatic heterocycles. The smallest absolute Gasteiger partial charge is 0.232 e. The van der Waals surface area contributed by atoms with Crippen molar-refractivity contribution in [3.8, 4) is 0 Å². The molecule has 0 aliphatic heterocycles. The lowest BCUT2D eigenvalue weighted by molar-refractivity contribution is -0.133. The van der Waals surface area contributed by atoms with E-state index in [1.165, 1.54) is 0 Å². The highest BCUT2D eigenvalue weighted by atomic mass is 19.1. The Bertz CT molecular complexity index is 1230. The van der Waals surface area contributed by atoms with E-state index in [2.05, 4.69) is 10.6 Å². The van der Waals surface area contributed by atoms with E-state index in [9.17, 15) is 23.6 Å². The van der Waals surface area contributed by atoms with Crippen LogP contribution in [-0.2, 0) is 14.4 Å². The minimum atomic E-state index is -1.30. The summed E-state index contributed by atoms with van der Waals surface area (Å²) in [6.45, 7) is 3.27. The molecule has 0 saturated carbocycles. The zero-order valence-corrected chi connectivity index (χ0v) is 21.8. The van der Waals surface area contributed by atoms with E-state index in [1.54, 1.807) is 4.57 Å². The zero-order chi connectivity index (χ0) is 27.1. The third-order valence-corrected chi connectivity index (χ3v) is 6.47. The van der Waals surface area contributed by atoms with Gasteiger partial charge in [0.25, 0.3) is 0 Å². The minimum absolute atomic E-state index is 0.113. The molecule has 1 heterocycles. The second-order valence-corrected chi connectivity index (χ2v) is 9.84. The number of fused-ring (bicyclic) bond motifs is 3. The number of carbonyl (C=O) groups is 4. The Balaban J connectivity index is 1.79. The van der Waals surface area contributed by atoms with E-state index < -0.39 is 36.2 Å². The maximum Gasteiger partial charge on any atom is 0.232 e. The van der Waals surface area contributed by atoms with Gasteiger partial charge in [-0.05, 0) is 32.1 Å². The normalized spacial score (nSPS) is 13.2. The van der Waals surface area contributed by atoms with Gasteiger partial charge in [-0.2, -0.15) is 0 Å². The number of nitrogens with one attached hydrogen (secondary N) is 2. The van der Waals surface area contributed by atoms with Crippen molar-refractivity contribution in [2.24, 2.45) is 11.8 Å². The lowest BCUT2D eigenvalue weighted by Crippen LogP contribution is -2.48. The van der Waals surface area contributed by atoms with Crippen LogP contribution in [0.2, 0.25) is 0 Å². The van der Waals surface area contributed by atoms with Gasteiger partial charge in [-0.1, -0.05) is 50.2 Å². The third kappa shape index (κ3) is 6.80. The lowest BCUT2D eigenvalue weighted by Gasteiger charge is -2.23. The predicted octanol–water partition coefficient (Wildman–Crippen LogP) is 3.19. The van der Waals surface area contributed by atoms with Gasteiger partial charge < -0.3 is 15.5 Å². The van der Waals surface area contributed by atoms with E-state index >= 15 is 0 Å². The first-order chi connectivity index (χ1) is 17.6. The number of benzene rings is 2. The Morgan fingerprint density at radius 3 is 2.00 bits per heavy atom. The van der Waals surface area contributed by atoms with Crippen LogP contribution in [0, 0.1) is 11.8 Å². The highest BCUT2D eigenvalue weighted by Gasteiger charge is 2.31. The molecule has 37 heavy (non-hydrogen) atoms. The molecular weight excluding hydrogens is 475 g/mol. The quantitative estimate of drug-likeness (QED) is 0.390. The van der Waals surface area contributed by atoms with Gasteiger partial charge >= 0.3 is 0 Å². The molecule has 2 N–H and O–H groups in total. The van der Waals surface area contributed by atoms with Crippen molar-refractivity contribution in [2.75, 3.05) is 33.9 Å². The van der Waals surface area contributed by atoms with Crippen LogP contribution >= 0.6 is 0 Å². The number of hydrogen-bond acceptors (Lipinski definition) is 5. The molecule has 9 heteroatoms. The van der Waals surface area contributed by atoms with Gasteiger partial charge in [0.2, 0.25) is 17.7 Å². The van der Waals surface area contributed by atoms with Gasteiger partial charge in [0.1, 0.15) is 6.67 Å². The number of hydrogen-bond donors (Lipinski definition) is 2. The van der Waals surface area contributed by atoms with Gasteiger partial charge in [0.15, 0.2) is 5.78 Å². The van der Waals surface area contributed by atoms with E-state index in [0.29, 0.717) is 13.1 Å². The molecule has 0 spiro atoms. The zero-order valence-electron chi connectivity index (χ0n) is 21.8. The summed E-state index contributed by atoms with van der Waals surface area (Å²) in [5.74, 6) is -3.19. The molecule has 2 amide bonds. The topological polar surface area (TPSA) is 101 Å². The van der Waals surface area contributed by atoms with Gasteiger partial charge in [-0.25, -0.2) is 4.39 Å². The van der Waals surface area contributed by atoms with Gasteiger partial charge in [-0.15, -0.1) is 0 Å². The van der Waals surface area contributed by atoms with Crippen LogP contribution in [0.5, 0.6) is 0 Å². The van der Waals surface area contributed by atoms with Crippen molar-refractivity contribution < 1.29 is 23.6 Å². The van der Waals surface area contributed by atoms with Crippen LogP contribution in [0.1, 0.15) is 31.5 Å². The van der Waals surface area contributed by atoms with Crippen LogP contribution in [0.25, 0.3) is 21.8 Å². The Morgan fingerprint density at radius 1 is 0.919 bits per heavy atom. The number of ketones is 1. The number of rotatable bonds is 12. The average Bonchev–Trinajstić information content (AvgIpc) is 3.20. The second kappa shape index (κ2) is 12.6. The summed E-state index contributed by atoms with van der Waals surface area (Å²) in [5.41, 5.74) is 1.49. The summed E-state index contributed by atoms with van der Waals surface area (Å²) >= 11 is 0. The van der Waals surface area contributed by atoms with Crippen molar-refractivity contribution in [2.45, 2.75) is 32.7 Å². The molecule has 1 unspecified atom stereocenters. The maximum atomic E-state index is 13.6. The number of likely N-dealkylation sites (N-methyl/N-ethyl adjacent to an activating group) is 1. The molecule has 3 rings (SSSR count). The number of para-hydroxylation sites is 2. The largest absolute Gasteiger partial charge is 0.355 e. The van der Waals surface area contributed by atoms with E-state index in [-0.39, 0.29) is 24.7 Å². The minimum Gasteiger partial charge on any atom is -0.355 e. The fraction of sp³-hybridized carbons (Fsp3) is 0.429. The van der Waals surface area contributed by atoms with E-state index in [1.807, 2.05) is 81.4 Å². The number of Topliss-reactive ketones (excluding diaryl/α,β-unsaturated/α-hetero) is 1. The number of aromatic nitrogens is 1. The highest BCUT2D eigenvalue weighted by molar-refractivity contribution is 6.13. The van der Waals surface area contributed by atoms with Gasteiger partial charge in [0, 0.05) is 36.2 Å². The molecule has 0 saturated heterocycles. The van der Waals surface area contributed by atoms with E-state index in [4.69, 9.17) is 0 Å². The van der Waals surface area contributed by atoms with Crippen LogP contribution in [0.15, 0.2) is 48.5 Å². The van der Waals surface area contributed by atoms with Crippen molar-refractivity contribution >= 4 is 45.3 Å². The first-order valence-electron chi connectivity index (χ1n) is 12.5. The first-order valence-corrected chi connectivity index (χ1v) is 12.5. The van der Waals surface area contributed by atoms with Crippen molar-refractivity contribution in [1.82, 2.24) is 20.1 Å². The Hall–Kier alpha value is -3.59. The predicted molar refractivity (Wildman–Crippen MR) is 142 cm³/mol. The van der Waals surface area contributed by atoms with Gasteiger partial charge in [-0.3, -0.25) is 23.7 Å².